The van der Waals surface area contributed by atoms with E-state index in [0.717, 1.165) is 0 Å². The van der Waals surface area contributed by atoms with Crippen LogP contribution >= 0.6 is 15.6 Å². The Balaban J connectivity index is -0.0000000453. The van der Waals surface area contributed by atoms with Gasteiger partial charge in [0, 0.05) is 0 Å². The Labute approximate surface area is 489 Å². The molecule has 0 saturated carbocycles. The van der Waals surface area contributed by atoms with Crippen LogP contribution in [-0.4, -0.2) is 189 Å². The number of phosphoric acid groups is 2. The van der Waals surface area contributed by atoms with Crippen LogP contribution in [0.25, 0.3) is 0 Å². The average Bonchev–Trinajstić information content (AvgIpc) is 2.98. The molecule has 280 valence electrons. The third-order valence-corrected chi connectivity index (χ3v) is 4.26. The van der Waals surface area contributed by atoms with Crippen molar-refractivity contribution in [3.63, 3.8) is 0 Å². The normalized spacial score (nSPS) is 16.9. The van der Waals surface area contributed by atoms with Crippen molar-refractivity contribution in [2.24, 2.45) is 0 Å². The van der Waals surface area contributed by atoms with E-state index in [0.29, 0.717) is 0 Å². The largest absolute Gasteiger partial charge is 1.00 e. The monoisotopic (exact) mass is 916 g/mol. The Morgan fingerprint density at radius 1 is 0.385 bits per heavy atom. The summed E-state index contributed by atoms with van der Waals surface area (Å²) in [5.74, 6) is 0. The first-order valence-corrected chi connectivity index (χ1v) is 14.4. The van der Waals surface area contributed by atoms with Crippen molar-refractivity contribution in [1.82, 2.24) is 0 Å². The van der Waals surface area contributed by atoms with Crippen molar-refractivity contribution in [2.75, 3.05) is 19.8 Å². The molecule has 0 aromatic heterocycles. The van der Waals surface area contributed by atoms with Gasteiger partial charge in [0.25, 0.3) is 0 Å². The van der Waals surface area contributed by atoms with Crippen molar-refractivity contribution in [2.45, 2.75) is 73.2 Å². The second kappa shape index (κ2) is 50.2. The Bertz CT molecular complexity index is 773. The van der Waals surface area contributed by atoms with E-state index in [1.54, 1.807) is 0 Å². The van der Waals surface area contributed by atoms with Crippen LogP contribution in [0.15, 0.2) is 0 Å². The average molecular weight is 917 g/mol. The molecule has 52 heavy (non-hydrogen) atoms. The molecule has 0 bridgehead atoms. The van der Waals surface area contributed by atoms with Gasteiger partial charge >= 0.3 is 243 Å². The van der Waals surface area contributed by atoms with Gasteiger partial charge < -0.3 is 129 Å². The van der Waals surface area contributed by atoms with E-state index in [-0.39, 0.29) is 262 Å². The SMILES string of the molecule is O=C[C@H](O)[C@@H](O)[C@H](O)[C@H](O)CO.O=C[C@H](O)[C@@H](O)[C@H](O)[C@H](O)CO.O=C[C@H](O)[C@@H](O)[C@H](O)[C@H](O)CO.O=P([O-])([O-])[O-].O=P([O-])([O-])[O-].[K+].[K+].[K+].[Na+].[Na+].[Na+]. The number of rotatable bonds is 15. The molecular formula is C18H36K3Na3O26P2. The maximum atomic E-state index is 9.90. The van der Waals surface area contributed by atoms with Gasteiger partial charge in [-0.05, 0) is 0 Å². The van der Waals surface area contributed by atoms with Crippen LogP contribution in [0.2, 0.25) is 0 Å². The number of hydrogen-bond acceptors (Lipinski definition) is 26. The first-order valence-electron chi connectivity index (χ1n) is 11.4. The molecule has 0 saturated heterocycles. The smallest absolute Gasteiger partial charge is 0.822 e. The number of aldehydes is 3. The maximum absolute atomic E-state index is 9.90. The zero-order chi connectivity index (χ0) is 38.2. The van der Waals surface area contributed by atoms with Crippen LogP contribution in [0.1, 0.15) is 0 Å². The zero-order valence-electron chi connectivity index (χ0n) is 28.9. The fourth-order valence-electron chi connectivity index (χ4n) is 1.85. The van der Waals surface area contributed by atoms with Gasteiger partial charge in [0.1, 0.15) is 73.2 Å². The third-order valence-electron chi connectivity index (χ3n) is 4.26. The first kappa shape index (κ1) is 85.8. The van der Waals surface area contributed by atoms with Crippen LogP contribution < -0.4 is 272 Å². The summed E-state index contributed by atoms with van der Waals surface area (Å²) in [6.45, 7) is -2.28. The molecule has 0 spiro atoms. The summed E-state index contributed by atoms with van der Waals surface area (Å²) in [4.78, 5) is 81.0. The molecular weight excluding hydrogens is 880 g/mol. The van der Waals surface area contributed by atoms with Gasteiger partial charge in [-0.1, -0.05) is 0 Å². The van der Waals surface area contributed by atoms with E-state index in [9.17, 15) is 14.4 Å². The summed E-state index contributed by atoms with van der Waals surface area (Å²) in [5.41, 5.74) is 0. The Kier molecular flexibility index (Phi) is 82.8. The summed E-state index contributed by atoms with van der Waals surface area (Å²) >= 11 is 0. The number of aliphatic hydroxyl groups is 15. The first-order chi connectivity index (χ1) is 20.6. The molecule has 15 N–H and O–H groups in total. The summed E-state index contributed by atoms with van der Waals surface area (Å²) in [5, 5.41) is 131. The predicted octanol–water partition coefficient (Wildman–Crippen LogP) is -33.8. The third kappa shape index (κ3) is 58.6. The number of carbonyl (C=O) groups excluding carboxylic acids is 3. The predicted molar refractivity (Wildman–Crippen MR) is 127 cm³/mol. The van der Waals surface area contributed by atoms with E-state index in [1.807, 2.05) is 0 Å². The molecule has 26 nitrogen and oxygen atoms in total. The van der Waals surface area contributed by atoms with E-state index < -0.39 is 109 Å². The second-order valence-corrected chi connectivity index (χ2v) is 9.76. The van der Waals surface area contributed by atoms with Crippen LogP contribution in [0.3, 0.4) is 0 Å². The van der Waals surface area contributed by atoms with E-state index in [1.165, 1.54) is 0 Å². The van der Waals surface area contributed by atoms with Crippen LogP contribution in [0.4, 0.5) is 0 Å². The van der Waals surface area contributed by atoms with E-state index in [2.05, 4.69) is 0 Å². The van der Waals surface area contributed by atoms with Crippen molar-refractivity contribution in [3.8, 4) is 0 Å². The minimum absolute atomic E-state index is 0. The topological polar surface area (TPSA) is 527 Å². The summed E-state index contributed by atoms with van der Waals surface area (Å²) in [6.07, 6.45) is -20.5. The summed E-state index contributed by atoms with van der Waals surface area (Å²) in [7, 11) is -10.8. The number of carbonyl (C=O) groups is 3. The molecule has 0 aromatic rings. The van der Waals surface area contributed by atoms with Gasteiger partial charge in [-0.3, -0.25) is 0 Å². The van der Waals surface area contributed by atoms with Gasteiger partial charge in [0.05, 0.1) is 19.8 Å². The van der Waals surface area contributed by atoms with Gasteiger partial charge in [0.15, 0.2) is 18.9 Å². The molecule has 0 fully saturated rings. The molecule has 0 aliphatic rings. The molecule has 0 aliphatic heterocycles. The van der Waals surface area contributed by atoms with Crippen molar-refractivity contribution >= 4 is 34.5 Å². The van der Waals surface area contributed by atoms with Crippen molar-refractivity contribution in [3.05, 3.63) is 0 Å². The molecule has 0 heterocycles. The number of hydrogen-bond donors (Lipinski definition) is 15. The molecule has 0 rings (SSSR count). The van der Waals surface area contributed by atoms with Crippen LogP contribution in [0.5, 0.6) is 0 Å². The molecule has 0 aliphatic carbocycles. The molecule has 0 aromatic carbocycles. The maximum Gasteiger partial charge on any atom is 1.00 e. The van der Waals surface area contributed by atoms with E-state index in [4.69, 9.17) is 115 Å². The minimum atomic E-state index is -5.39. The van der Waals surface area contributed by atoms with Crippen LogP contribution in [-0.2, 0) is 23.5 Å². The van der Waals surface area contributed by atoms with Gasteiger partial charge in [-0.2, -0.15) is 15.6 Å². The van der Waals surface area contributed by atoms with Gasteiger partial charge in [0.2, 0.25) is 0 Å². The van der Waals surface area contributed by atoms with Crippen LogP contribution in [0, 0.1) is 0 Å². The quantitative estimate of drug-likeness (QED) is 0.0412. The fourth-order valence-corrected chi connectivity index (χ4v) is 1.85. The van der Waals surface area contributed by atoms with Crippen molar-refractivity contribution in [1.29, 1.82) is 0 Å². The standard InChI is InChI=1S/3C6H12O6.3K.3Na.2H3O4P/c3*7-1-3(9)5(11)6(12)4(10)2-8;;;;;;;2*1-5(2,3)4/h3*1,3-6,8-12H,2H2;;;;;;;2*(H3,1,2,3,4)/q;;;6*+1;;/p-6/t3*3-,4+,5+,6+;;;;;;;;/m000......../s1. The van der Waals surface area contributed by atoms with E-state index >= 15 is 0 Å². The second-order valence-electron chi connectivity index (χ2n) is 7.97. The summed E-state index contributed by atoms with van der Waals surface area (Å²) < 4.78 is 17.1. The molecule has 12 atom stereocenters. The summed E-state index contributed by atoms with van der Waals surface area (Å²) in [6, 6.07) is 0. The van der Waals surface area contributed by atoms with Crippen molar-refractivity contribution < 1.29 is 372 Å². The molecule has 0 unspecified atom stereocenters. The molecule has 0 amide bonds. The number of aliphatic hydroxyl groups excluding tert-OH is 15. The molecule has 34 heteroatoms. The minimum Gasteiger partial charge on any atom is -0.822 e. The Morgan fingerprint density at radius 3 is 0.577 bits per heavy atom. The fraction of sp³-hybridized carbons (Fsp3) is 0.833. The Morgan fingerprint density at radius 2 is 0.500 bits per heavy atom. The van der Waals surface area contributed by atoms with Gasteiger partial charge in [-0.15, -0.1) is 0 Å². The molecule has 0 radical (unpaired) electrons. The Hall–Kier alpha value is 6.54. The van der Waals surface area contributed by atoms with Gasteiger partial charge in [-0.25, -0.2) is 0 Å². The zero-order valence-corrected chi connectivity index (χ0v) is 46.0.